The van der Waals surface area contributed by atoms with Crippen molar-refractivity contribution in [1.82, 2.24) is 10.1 Å². The zero-order valence-corrected chi connectivity index (χ0v) is 10.8. The van der Waals surface area contributed by atoms with Gasteiger partial charge in [0.15, 0.2) is 5.76 Å². The van der Waals surface area contributed by atoms with Gasteiger partial charge in [0.1, 0.15) is 5.69 Å². The first-order chi connectivity index (χ1) is 7.98. The Morgan fingerprint density at radius 2 is 2.00 bits per heavy atom. The summed E-state index contributed by atoms with van der Waals surface area (Å²) in [6.45, 7) is 8.77. The van der Waals surface area contributed by atoms with Crippen LogP contribution in [0.2, 0.25) is 0 Å². The SMILES string of the molecule is C[C@H](c1cc(-c2ccccn2)on1)C(C)(C)C. The van der Waals surface area contributed by atoms with Gasteiger partial charge in [-0.1, -0.05) is 38.9 Å². The standard InChI is InChI=1S/C14H18N2O/c1-10(14(2,3)4)12-9-13(17-16-12)11-7-5-6-8-15-11/h5-10H,1-4H3/t10-/m1/s1. The molecule has 2 heterocycles. The summed E-state index contributed by atoms with van der Waals surface area (Å²) < 4.78 is 5.35. The Labute approximate surface area is 102 Å². The molecule has 2 rings (SSSR count). The Morgan fingerprint density at radius 1 is 1.24 bits per heavy atom. The van der Waals surface area contributed by atoms with Crippen LogP contribution in [-0.2, 0) is 0 Å². The summed E-state index contributed by atoms with van der Waals surface area (Å²) in [5.41, 5.74) is 1.99. The predicted molar refractivity (Wildman–Crippen MR) is 67.6 cm³/mol. The van der Waals surface area contributed by atoms with Gasteiger partial charge in [0.2, 0.25) is 0 Å². The summed E-state index contributed by atoms with van der Waals surface area (Å²) in [7, 11) is 0. The molecule has 0 aliphatic carbocycles. The van der Waals surface area contributed by atoms with Crippen molar-refractivity contribution in [3.63, 3.8) is 0 Å². The maximum absolute atomic E-state index is 5.35. The van der Waals surface area contributed by atoms with Crippen LogP contribution in [0, 0.1) is 5.41 Å². The normalized spacial score (nSPS) is 13.6. The van der Waals surface area contributed by atoms with Crippen molar-refractivity contribution in [2.24, 2.45) is 5.41 Å². The molecule has 0 bridgehead atoms. The van der Waals surface area contributed by atoms with Crippen LogP contribution >= 0.6 is 0 Å². The highest BCUT2D eigenvalue weighted by Gasteiger charge is 2.25. The van der Waals surface area contributed by atoms with Crippen molar-refractivity contribution in [1.29, 1.82) is 0 Å². The fraction of sp³-hybridized carbons (Fsp3) is 0.429. The Balaban J connectivity index is 2.28. The molecule has 3 nitrogen and oxygen atoms in total. The van der Waals surface area contributed by atoms with Gasteiger partial charge >= 0.3 is 0 Å². The number of nitrogens with zero attached hydrogens (tertiary/aromatic N) is 2. The van der Waals surface area contributed by atoms with Crippen LogP contribution in [0.4, 0.5) is 0 Å². The molecule has 0 N–H and O–H groups in total. The number of hydrogen-bond donors (Lipinski definition) is 0. The van der Waals surface area contributed by atoms with Crippen LogP contribution in [0.25, 0.3) is 11.5 Å². The first-order valence-electron chi connectivity index (χ1n) is 5.86. The molecule has 17 heavy (non-hydrogen) atoms. The van der Waals surface area contributed by atoms with E-state index in [9.17, 15) is 0 Å². The smallest absolute Gasteiger partial charge is 0.185 e. The third-order valence-electron chi connectivity index (χ3n) is 3.19. The zero-order chi connectivity index (χ0) is 12.5. The first-order valence-corrected chi connectivity index (χ1v) is 5.86. The minimum Gasteiger partial charge on any atom is -0.354 e. The maximum Gasteiger partial charge on any atom is 0.185 e. The molecule has 2 aromatic heterocycles. The van der Waals surface area contributed by atoms with E-state index in [4.69, 9.17) is 4.52 Å². The van der Waals surface area contributed by atoms with Crippen molar-refractivity contribution in [2.45, 2.75) is 33.6 Å². The summed E-state index contributed by atoms with van der Waals surface area (Å²) in [5.74, 6) is 1.08. The van der Waals surface area contributed by atoms with Gasteiger partial charge in [-0.3, -0.25) is 4.98 Å². The third kappa shape index (κ3) is 2.54. The molecule has 0 amide bonds. The fourth-order valence-electron chi connectivity index (χ4n) is 1.57. The topological polar surface area (TPSA) is 38.9 Å². The van der Waals surface area contributed by atoms with Gasteiger partial charge in [-0.25, -0.2) is 0 Å². The predicted octanol–water partition coefficient (Wildman–Crippen LogP) is 3.89. The van der Waals surface area contributed by atoms with Crippen LogP contribution in [0.5, 0.6) is 0 Å². The monoisotopic (exact) mass is 230 g/mol. The lowest BCUT2D eigenvalue weighted by Crippen LogP contribution is -2.15. The van der Waals surface area contributed by atoms with Crippen molar-refractivity contribution in [3.8, 4) is 11.5 Å². The van der Waals surface area contributed by atoms with E-state index in [1.54, 1.807) is 6.20 Å². The first kappa shape index (κ1) is 11.8. The van der Waals surface area contributed by atoms with Gasteiger partial charge in [0.25, 0.3) is 0 Å². The van der Waals surface area contributed by atoms with Gasteiger partial charge in [0, 0.05) is 18.2 Å². The van der Waals surface area contributed by atoms with E-state index >= 15 is 0 Å². The number of aromatic nitrogens is 2. The number of pyridine rings is 1. The molecular formula is C14H18N2O. The van der Waals surface area contributed by atoms with Crippen molar-refractivity contribution < 1.29 is 4.52 Å². The highest BCUT2D eigenvalue weighted by atomic mass is 16.5. The minimum atomic E-state index is 0.179. The van der Waals surface area contributed by atoms with Gasteiger partial charge in [-0.05, 0) is 17.5 Å². The van der Waals surface area contributed by atoms with E-state index in [1.807, 2.05) is 24.3 Å². The minimum absolute atomic E-state index is 0.179. The fourth-order valence-corrected chi connectivity index (χ4v) is 1.57. The van der Waals surface area contributed by atoms with Crippen LogP contribution < -0.4 is 0 Å². The summed E-state index contributed by atoms with van der Waals surface area (Å²) >= 11 is 0. The zero-order valence-electron chi connectivity index (χ0n) is 10.8. The summed E-state index contributed by atoms with van der Waals surface area (Å²) in [6, 6.07) is 7.74. The second-order valence-electron chi connectivity index (χ2n) is 5.42. The van der Waals surface area contributed by atoms with Gasteiger partial charge in [-0.15, -0.1) is 0 Å². The highest BCUT2D eigenvalue weighted by molar-refractivity contribution is 5.51. The molecule has 0 radical (unpaired) electrons. The molecular weight excluding hydrogens is 212 g/mol. The Morgan fingerprint density at radius 3 is 2.59 bits per heavy atom. The lowest BCUT2D eigenvalue weighted by molar-refractivity contribution is 0.318. The third-order valence-corrected chi connectivity index (χ3v) is 3.19. The van der Waals surface area contributed by atoms with Crippen molar-refractivity contribution in [3.05, 3.63) is 36.2 Å². The van der Waals surface area contributed by atoms with E-state index in [-0.39, 0.29) is 5.41 Å². The van der Waals surface area contributed by atoms with E-state index in [0.717, 1.165) is 17.1 Å². The molecule has 0 saturated heterocycles. The van der Waals surface area contributed by atoms with E-state index in [2.05, 4.69) is 37.8 Å². The van der Waals surface area contributed by atoms with E-state index in [1.165, 1.54) is 0 Å². The lowest BCUT2D eigenvalue weighted by Gasteiger charge is -2.24. The molecule has 90 valence electrons. The average Bonchev–Trinajstić information content (AvgIpc) is 2.77. The molecule has 0 aliphatic rings. The highest BCUT2D eigenvalue weighted by Crippen LogP contribution is 2.35. The molecule has 0 aromatic carbocycles. The molecule has 0 fully saturated rings. The average molecular weight is 230 g/mol. The molecule has 2 aromatic rings. The van der Waals surface area contributed by atoms with Crippen molar-refractivity contribution in [2.75, 3.05) is 0 Å². The maximum atomic E-state index is 5.35. The van der Waals surface area contributed by atoms with E-state index < -0.39 is 0 Å². The Bertz CT molecular complexity index is 482. The quantitative estimate of drug-likeness (QED) is 0.785. The second-order valence-corrected chi connectivity index (χ2v) is 5.42. The summed E-state index contributed by atoms with van der Waals surface area (Å²) in [5, 5.41) is 4.14. The van der Waals surface area contributed by atoms with Crippen LogP contribution in [0.15, 0.2) is 35.0 Å². The molecule has 0 unspecified atom stereocenters. The van der Waals surface area contributed by atoms with Crippen molar-refractivity contribution >= 4 is 0 Å². The van der Waals surface area contributed by atoms with Gasteiger partial charge < -0.3 is 4.52 Å². The summed E-state index contributed by atoms with van der Waals surface area (Å²) in [4.78, 5) is 4.25. The Hall–Kier alpha value is -1.64. The second kappa shape index (κ2) is 4.32. The molecule has 3 heteroatoms. The number of hydrogen-bond acceptors (Lipinski definition) is 3. The van der Waals surface area contributed by atoms with Crippen LogP contribution in [0.3, 0.4) is 0 Å². The van der Waals surface area contributed by atoms with Crippen LogP contribution in [-0.4, -0.2) is 10.1 Å². The molecule has 0 aliphatic heterocycles. The molecule has 0 saturated carbocycles. The van der Waals surface area contributed by atoms with Crippen LogP contribution in [0.1, 0.15) is 39.3 Å². The number of rotatable bonds is 2. The summed E-state index contributed by atoms with van der Waals surface area (Å²) in [6.07, 6.45) is 1.75. The van der Waals surface area contributed by atoms with Gasteiger partial charge in [0.05, 0.1) is 5.69 Å². The Kier molecular flexibility index (Phi) is 3.01. The largest absolute Gasteiger partial charge is 0.354 e. The molecule has 1 atom stereocenters. The van der Waals surface area contributed by atoms with Gasteiger partial charge in [-0.2, -0.15) is 0 Å². The van der Waals surface area contributed by atoms with E-state index in [0.29, 0.717) is 5.92 Å². The lowest BCUT2D eigenvalue weighted by atomic mass is 9.80. The molecule has 0 spiro atoms.